The summed E-state index contributed by atoms with van der Waals surface area (Å²) < 4.78 is 5.75. The Balaban J connectivity index is 1.89. The smallest absolute Gasteiger partial charge is 0.0700 e. The first kappa shape index (κ1) is 15.2. The Morgan fingerprint density at radius 3 is 2.95 bits per heavy atom. The monoisotopic (exact) mass is 270 g/mol. The van der Waals surface area contributed by atoms with Gasteiger partial charge in [-0.05, 0) is 38.6 Å². The zero-order valence-electron chi connectivity index (χ0n) is 12.5. The molecule has 2 rings (SSSR count). The summed E-state index contributed by atoms with van der Waals surface area (Å²) in [4.78, 5) is 2.59. The van der Waals surface area contributed by atoms with Gasteiger partial charge in [-0.2, -0.15) is 0 Å². The van der Waals surface area contributed by atoms with Crippen LogP contribution in [0.3, 0.4) is 0 Å². The number of aliphatic hydroxyl groups is 1. The van der Waals surface area contributed by atoms with E-state index in [9.17, 15) is 5.11 Å². The Bertz CT molecular complexity index is 275. The fourth-order valence-corrected chi connectivity index (χ4v) is 3.48. The van der Waals surface area contributed by atoms with Crippen LogP contribution in [0, 0.1) is 0 Å². The number of rotatable bonds is 6. The molecule has 0 amide bonds. The Morgan fingerprint density at radius 2 is 2.26 bits per heavy atom. The van der Waals surface area contributed by atoms with Crippen molar-refractivity contribution in [1.29, 1.82) is 0 Å². The molecular weight excluding hydrogens is 240 g/mol. The Labute approximate surface area is 117 Å². The predicted octanol–water partition coefficient (Wildman–Crippen LogP) is 1.38. The molecule has 0 aromatic heterocycles. The summed E-state index contributed by atoms with van der Waals surface area (Å²) in [6, 6.07) is 0.620. The van der Waals surface area contributed by atoms with Crippen LogP contribution in [0.25, 0.3) is 0 Å². The first-order valence-corrected chi connectivity index (χ1v) is 7.94. The van der Waals surface area contributed by atoms with E-state index in [4.69, 9.17) is 4.74 Å². The third kappa shape index (κ3) is 3.69. The molecule has 1 aliphatic heterocycles. The summed E-state index contributed by atoms with van der Waals surface area (Å²) in [7, 11) is 0. The normalized spacial score (nSPS) is 36.8. The molecule has 2 fully saturated rings. The van der Waals surface area contributed by atoms with Crippen LogP contribution in [-0.2, 0) is 4.74 Å². The number of morpholine rings is 1. The van der Waals surface area contributed by atoms with Crippen molar-refractivity contribution < 1.29 is 9.84 Å². The zero-order valence-corrected chi connectivity index (χ0v) is 12.5. The Kier molecular flexibility index (Phi) is 5.63. The molecule has 3 unspecified atom stereocenters. The lowest BCUT2D eigenvalue weighted by Gasteiger charge is -2.37. The van der Waals surface area contributed by atoms with Gasteiger partial charge in [-0.1, -0.05) is 13.8 Å². The molecule has 1 heterocycles. The van der Waals surface area contributed by atoms with Crippen molar-refractivity contribution in [3.63, 3.8) is 0 Å². The number of hydrogen-bond donors (Lipinski definition) is 2. The lowest BCUT2D eigenvalue weighted by Crippen LogP contribution is -2.50. The maximum atomic E-state index is 9.75. The van der Waals surface area contributed by atoms with Gasteiger partial charge in [0.1, 0.15) is 0 Å². The minimum absolute atomic E-state index is 0.0271. The average Bonchev–Trinajstić information content (AvgIpc) is 2.90. The topological polar surface area (TPSA) is 44.7 Å². The standard InChI is InChI=1S/C15H30N2O2/c1-3-7-16-15(12-18)6-5-13(10-15)17-8-9-19-14(4-2)11-17/h13-14,16,18H,3-12H2,1-2H3. The van der Waals surface area contributed by atoms with Crippen molar-refractivity contribution in [3.05, 3.63) is 0 Å². The second-order valence-corrected chi connectivity index (χ2v) is 6.16. The van der Waals surface area contributed by atoms with Crippen molar-refractivity contribution in [2.24, 2.45) is 0 Å². The molecule has 0 aromatic rings. The maximum Gasteiger partial charge on any atom is 0.0700 e. The van der Waals surface area contributed by atoms with Gasteiger partial charge in [0.15, 0.2) is 0 Å². The van der Waals surface area contributed by atoms with Gasteiger partial charge in [-0.15, -0.1) is 0 Å². The van der Waals surface area contributed by atoms with Gasteiger partial charge in [-0.3, -0.25) is 4.90 Å². The first-order chi connectivity index (χ1) is 9.23. The van der Waals surface area contributed by atoms with E-state index in [2.05, 4.69) is 24.1 Å². The van der Waals surface area contributed by atoms with Crippen LogP contribution in [0.15, 0.2) is 0 Å². The summed E-state index contributed by atoms with van der Waals surface area (Å²) in [5.74, 6) is 0. The number of ether oxygens (including phenoxy) is 1. The second kappa shape index (κ2) is 7.02. The molecule has 0 radical (unpaired) electrons. The molecule has 4 heteroatoms. The summed E-state index contributed by atoms with van der Waals surface area (Å²) in [5, 5.41) is 13.3. The van der Waals surface area contributed by atoms with E-state index in [-0.39, 0.29) is 12.1 Å². The summed E-state index contributed by atoms with van der Waals surface area (Å²) in [6.07, 6.45) is 6.02. The van der Waals surface area contributed by atoms with Gasteiger partial charge >= 0.3 is 0 Å². The summed E-state index contributed by atoms with van der Waals surface area (Å²) in [6.45, 7) is 8.64. The number of hydrogen-bond acceptors (Lipinski definition) is 4. The second-order valence-electron chi connectivity index (χ2n) is 6.16. The lowest BCUT2D eigenvalue weighted by molar-refractivity contribution is -0.0447. The predicted molar refractivity (Wildman–Crippen MR) is 77.4 cm³/mol. The SMILES string of the molecule is CCCNC1(CO)CCC(N2CCOC(CC)C2)C1. The van der Waals surface area contributed by atoms with Crippen molar-refractivity contribution in [1.82, 2.24) is 10.2 Å². The molecule has 1 saturated heterocycles. The molecule has 112 valence electrons. The largest absolute Gasteiger partial charge is 0.394 e. The fourth-order valence-electron chi connectivity index (χ4n) is 3.48. The van der Waals surface area contributed by atoms with Crippen LogP contribution >= 0.6 is 0 Å². The van der Waals surface area contributed by atoms with Crippen LogP contribution in [0.1, 0.15) is 46.0 Å². The van der Waals surface area contributed by atoms with Crippen LogP contribution in [0.4, 0.5) is 0 Å². The zero-order chi connectivity index (χ0) is 13.7. The highest BCUT2D eigenvalue weighted by atomic mass is 16.5. The third-order valence-corrected chi connectivity index (χ3v) is 4.78. The van der Waals surface area contributed by atoms with Gasteiger partial charge in [0.2, 0.25) is 0 Å². The molecule has 0 bridgehead atoms. The van der Waals surface area contributed by atoms with Crippen molar-refractivity contribution in [2.75, 3.05) is 32.8 Å². The van der Waals surface area contributed by atoms with Gasteiger partial charge in [0.25, 0.3) is 0 Å². The quantitative estimate of drug-likeness (QED) is 0.765. The van der Waals surface area contributed by atoms with E-state index in [0.29, 0.717) is 12.1 Å². The first-order valence-electron chi connectivity index (χ1n) is 7.94. The molecule has 3 atom stereocenters. The van der Waals surface area contributed by atoms with E-state index in [0.717, 1.165) is 51.9 Å². The molecule has 1 aliphatic carbocycles. The van der Waals surface area contributed by atoms with Crippen LogP contribution in [0.2, 0.25) is 0 Å². The van der Waals surface area contributed by atoms with Gasteiger partial charge in [-0.25, -0.2) is 0 Å². The molecule has 2 aliphatic rings. The van der Waals surface area contributed by atoms with Crippen LogP contribution in [0.5, 0.6) is 0 Å². The molecule has 0 aromatic carbocycles. The molecule has 19 heavy (non-hydrogen) atoms. The van der Waals surface area contributed by atoms with E-state index < -0.39 is 0 Å². The van der Waals surface area contributed by atoms with Crippen molar-refractivity contribution in [3.8, 4) is 0 Å². The minimum Gasteiger partial charge on any atom is -0.394 e. The molecular formula is C15H30N2O2. The molecule has 1 saturated carbocycles. The Morgan fingerprint density at radius 1 is 1.42 bits per heavy atom. The van der Waals surface area contributed by atoms with E-state index in [1.165, 1.54) is 6.42 Å². The summed E-state index contributed by atoms with van der Waals surface area (Å²) in [5.41, 5.74) is -0.0271. The molecule has 2 N–H and O–H groups in total. The fraction of sp³-hybridized carbons (Fsp3) is 1.00. The van der Waals surface area contributed by atoms with E-state index in [1.54, 1.807) is 0 Å². The minimum atomic E-state index is -0.0271. The lowest BCUT2D eigenvalue weighted by atomic mass is 9.98. The highest BCUT2D eigenvalue weighted by molar-refractivity contribution is 5.00. The van der Waals surface area contributed by atoms with Crippen LogP contribution in [-0.4, -0.2) is 60.5 Å². The van der Waals surface area contributed by atoms with Crippen molar-refractivity contribution >= 4 is 0 Å². The van der Waals surface area contributed by atoms with Gasteiger partial charge < -0.3 is 15.2 Å². The molecule has 0 spiro atoms. The number of nitrogens with one attached hydrogen (secondary N) is 1. The van der Waals surface area contributed by atoms with Gasteiger partial charge in [0, 0.05) is 24.7 Å². The summed E-state index contributed by atoms with van der Waals surface area (Å²) >= 11 is 0. The molecule has 4 nitrogen and oxygen atoms in total. The van der Waals surface area contributed by atoms with Gasteiger partial charge in [0.05, 0.1) is 19.3 Å². The van der Waals surface area contributed by atoms with Crippen LogP contribution < -0.4 is 5.32 Å². The maximum absolute atomic E-state index is 9.75. The number of aliphatic hydroxyl groups excluding tert-OH is 1. The van der Waals surface area contributed by atoms with Crippen molar-refractivity contribution in [2.45, 2.75) is 63.6 Å². The third-order valence-electron chi connectivity index (χ3n) is 4.78. The highest BCUT2D eigenvalue weighted by Gasteiger charge is 2.41. The Hall–Kier alpha value is -0.160. The average molecular weight is 270 g/mol. The highest BCUT2D eigenvalue weighted by Crippen LogP contribution is 2.33. The van der Waals surface area contributed by atoms with E-state index in [1.807, 2.05) is 0 Å². The van der Waals surface area contributed by atoms with E-state index >= 15 is 0 Å². The number of nitrogens with zero attached hydrogens (tertiary/aromatic N) is 1.